The topological polar surface area (TPSA) is 163 Å². The van der Waals surface area contributed by atoms with E-state index >= 15 is 0 Å². The van der Waals surface area contributed by atoms with Crippen LogP contribution in [0.15, 0.2) is 57.3 Å². The first-order valence-electron chi connectivity index (χ1n) is 9.83. The van der Waals surface area contributed by atoms with Crippen molar-refractivity contribution >= 4 is 39.3 Å². The average Bonchev–Trinajstić information content (AvgIpc) is 2.65. The predicted molar refractivity (Wildman–Crippen MR) is 124 cm³/mol. The molecular weight excluding hydrogens is 432 g/mol. The van der Waals surface area contributed by atoms with E-state index in [1.807, 2.05) is 38.1 Å². The molecule has 11 heteroatoms. The van der Waals surface area contributed by atoms with Gasteiger partial charge in [0.2, 0.25) is 17.8 Å². The molecule has 0 aliphatic carbocycles. The Morgan fingerprint density at radius 1 is 1.16 bits per heavy atom. The fraction of sp³-hybridized carbons (Fsp3) is 0.286. The van der Waals surface area contributed by atoms with Crippen molar-refractivity contribution in [1.29, 1.82) is 0 Å². The minimum Gasteiger partial charge on any atom is -0.369 e. The van der Waals surface area contributed by atoms with Crippen LogP contribution < -0.4 is 21.7 Å². The molecular formula is C21H26N6O4S. The van der Waals surface area contributed by atoms with Crippen molar-refractivity contribution in [3.8, 4) is 0 Å². The number of guanidine groups is 2. The van der Waals surface area contributed by atoms with Gasteiger partial charge in [-0.3, -0.25) is 14.2 Å². The number of anilines is 2. The van der Waals surface area contributed by atoms with Crippen LogP contribution in [-0.4, -0.2) is 36.5 Å². The second kappa shape index (κ2) is 8.60. The van der Waals surface area contributed by atoms with Gasteiger partial charge in [-0.1, -0.05) is 12.1 Å². The third-order valence-corrected chi connectivity index (χ3v) is 5.98. The standard InChI is InChI=1S/C21H26N6O4S/c1-13-12-15(7-10-17(13)32(29,30)31)24-18(28)11-6-14-4-8-16(9-5-14)27-20(23)25-19(22)26-21(27,2)3/h4-5,7-10,12H,6,11H2,1-3H3,(H,24,28)(H,29,30,31)(H4,22,23,25,26). The SMILES string of the molecule is Cc1cc(NC(=O)CCc2ccc(N3C(N)=NC(N)=NC3(C)C)cc2)ccc1S(=O)(=O)O. The van der Waals surface area contributed by atoms with E-state index in [2.05, 4.69) is 15.3 Å². The molecule has 0 spiro atoms. The van der Waals surface area contributed by atoms with E-state index < -0.39 is 15.8 Å². The second-order valence-corrected chi connectivity index (χ2v) is 9.33. The third kappa shape index (κ3) is 5.24. The lowest BCUT2D eigenvalue weighted by Crippen LogP contribution is -2.54. The molecule has 0 aromatic heterocycles. The molecule has 0 saturated heterocycles. The van der Waals surface area contributed by atoms with E-state index in [-0.39, 0.29) is 29.1 Å². The Morgan fingerprint density at radius 2 is 1.81 bits per heavy atom. The Labute approximate surface area is 186 Å². The van der Waals surface area contributed by atoms with E-state index in [4.69, 9.17) is 16.0 Å². The number of carbonyl (C=O) groups is 1. The predicted octanol–water partition coefficient (Wildman–Crippen LogP) is 2.00. The molecule has 0 atom stereocenters. The summed E-state index contributed by atoms with van der Waals surface area (Å²) in [6, 6.07) is 11.8. The molecule has 1 heterocycles. The highest BCUT2D eigenvalue weighted by Crippen LogP contribution is 2.27. The van der Waals surface area contributed by atoms with Gasteiger partial charge in [-0.2, -0.15) is 13.4 Å². The lowest BCUT2D eigenvalue weighted by Gasteiger charge is -2.38. The van der Waals surface area contributed by atoms with Crippen molar-refractivity contribution in [2.45, 2.75) is 44.2 Å². The quantitative estimate of drug-likeness (QED) is 0.481. The largest absolute Gasteiger partial charge is 0.369 e. The molecule has 0 fully saturated rings. The molecule has 2 aromatic rings. The Hall–Kier alpha value is -3.44. The van der Waals surface area contributed by atoms with Crippen molar-refractivity contribution in [1.82, 2.24) is 0 Å². The van der Waals surface area contributed by atoms with Gasteiger partial charge in [-0.15, -0.1) is 0 Å². The van der Waals surface area contributed by atoms with Crippen LogP contribution >= 0.6 is 0 Å². The molecule has 0 unspecified atom stereocenters. The minimum atomic E-state index is -4.29. The van der Waals surface area contributed by atoms with Gasteiger partial charge in [0.1, 0.15) is 5.66 Å². The highest BCUT2D eigenvalue weighted by Gasteiger charge is 2.32. The monoisotopic (exact) mass is 458 g/mol. The molecule has 10 nitrogen and oxygen atoms in total. The number of aryl methyl sites for hydroxylation is 2. The van der Waals surface area contributed by atoms with Crippen molar-refractivity contribution in [3.05, 3.63) is 53.6 Å². The first-order valence-corrected chi connectivity index (χ1v) is 11.3. The summed E-state index contributed by atoms with van der Waals surface area (Å²) in [6.07, 6.45) is 0.740. The molecule has 32 heavy (non-hydrogen) atoms. The van der Waals surface area contributed by atoms with Crippen LogP contribution in [0.2, 0.25) is 0 Å². The maximum atomic E-state index is 12.3. The highest BCUT2D eigenvalue weighted by molar-refractivity contribution is 7.85. The van der Waals surface area contributed by atoms with Gasteiger partial charge < -0.3 is 16.8 Å². The van der Waals surface area contributed by atoms with Crippen LogP contribution in [0.3, 0.4) is 0 Å². The zero-order valence-corrected chi connectivity index (χ0v) is 18.8. The zero-order valence-electron chi connectivity index (χ0n) is 18.0. The smallest absolute Gasteiger partial charge is 0.294 e. The lowest BCUT2D eigenvalue weighted by atomic mass is 10.1. The van der Waals surface area contributed by atoms with E-state index in [0.29, 0.717) is 17.7 Å². The summed E-state index contributed by atoms with van der Waals surface area (Å²) in [6.45, 7) is 5.30. The van der Waals surface area contributed by atoms with Gasteiger partial charge in [-0.25, -0.2) is 4.99 Å². The maximum Gasteiger partial charge on any atom is 0.294 e. The van der Waals surface area contributed by atoms with Crippen LogP contribution in [0, 0.1) is 6.92 Å². The van der Waals surface area contributed by atoms with Crippen LogP contribution in [0.1, 0.15) is 31.4 Å². The Balaban J connectivity index is 1.62. The number of hydrogen-bond donors (Lipinski definition) is 4. The van der Waals surface area contributed by atoms with E-state index in [1.54, 1.807) is 11.8 Å². The summed E-state index contributed by atoms with van der Waals surface area (Å²) in [5.74, 6) is 0.172. The average molecular weight is 459 g/mol. The van der Waals surface area contributed by atoms with E-state index in [1.165, 1.54) is 18.2 Å². The summed E-state index contributed by atoms with van der Waals surface area (Å²) < 4.78 is 31.7. The van der Waals surface area contributed by atoms with Crippen LogP contribution in [0.4, 0.5) is 11.4 Å². The fourth-order valence-electron chi connectivity index (χ4n) is 3.56. The summed E-state index contributed by atoms with van der Waals surface area (Å²) >= 11 is 0. The van der Waals surface area contributed by atoms with E-state index in [9.17, 15) is 13.2 Å². The van der Waals surface area contributed by atoms with Gasteiger partial charge in [0, 0.05) is 17.8 Å². The van der Waals surface area contributed by atoms with Crippen molar-refractivity contribution in [2.75, 3.05) is 10.2 Å². The molecule has 1 aliphatic heterocycles. The molecule has 170 valence electrons. The maximum absolute atomic E-state index is 12.3. The first kappa shape index (κ1) is 23.2. The zero-order chi connectivity index (χ0) is 23.7. The minimum absolute atomic E-state index is 0.134. The number of nitrogens with two attached hydrogens (primary N) is 2. The normalized spacial score (nSPS) is 15.7. The lowest BCUT2D eigenvalue weighted by molar-refractivity contribution is -0.116. The van der Waals surface area contributed by atoms with Crippen molar-refractivity contribution < 1.29 is 17.8 Å². The molecule has 0 radical (unpaired) electrons. The second-order valence-electron chi connectivity index (χ2n) is 7.94. The van der Waals surface area contributed by atoms with Crippen LogP contribution in [0.5, 0.6) is 0 Å². The van der Waals surface area contributed by atoms with Gasteiger partial charge >= 0.3 is 0 Å². The molecule has 3 rings (SSSR count). The summed E-state index contributed by atoms with van der Waals surface area (Å²) in [4.78, 5) is 22.2. The summed E-state index contributed by atoms with van der Waals surface area (Å²) in [5, 5.41) is 2.73. The molecule has 2 aromatic carbocycles. The van der Waals surface area contributed by atoms with Crippen molar-refractivity contribution in [2.24, 2.45) is 21.5 Å². The molecule has 0 bridgehead atoms. The number of nitrogens with zero attached hydrogens (tertiary/aromatic N) is 3. The molecule has 1 amide bonds. The van der Waals surface area contributed by atoms with Gasteiger partial charge in [-0.05, 0) is 68.7 Å². The van der Waals surface area contributed by atoms with E-state index in [0.717, 1.165) is 11.3 Å². The molecule has 6 N–H and O–H groups in total. The number of carbonyl (C=O) groups excluding carboxylic acids is 1. The molecule has 0 saturated carbocycles. The highest BCUT2D eigenvalue weighted by atomic mass is 32.2. The summed E-state index contributed by atoms with van der Waals surface area (Å²) in [5.41, 5.74) is 13.6. The van der Waals surface area contributed by atoms with Gasteiger partial charge in [0.05, 0.1) is 4.90 Å². The molecule has 1 aliphatic rings. The van der Waals surface area contributed by atoms with Crippen LogP contribution in [-0.2, 0) is 21.3 Å². The first-order chi connectivity index (χ1) is 14.9. The van der Waals surface area contributed by atoms with Gasteiger partial charge in [0.15, 0.2) is 0 Å². The number of benzene rings is 2. The number of rotatable bonds is 6. The summed E-state index contributed by atoms with van der Waals surface area (Å²) in [7, 11) is -4.29. The number of nitrogens with one attached hydrogen (secondary N) is 1. The van der Waals surface area contributed by atoms with Crippen LogP contribution in [0.25, 0.3) is 0 Å². The number of hydrogen-bond acceptors (Lipinski definition) is 8. The third-order valence-electron chi connectivity index (χ3n) is 4.97. The number of aliphatic imine (C=N–C) groups is 2. The Morgan fingerprint density at radius 3 is 2.38 bits per heavy atom. The fourth-order valence-corrected chi connectivity index (χ4v) is 4.27. The van der Waals surface area contributed by atoms with Gasteiger partial charge in [0.25, 0.3) is 10.1 Å². The van der Waals surface area contributed by atoms with Crippen molar-refractivity contribution in [3.63, 3.8) is 0 Å². The Kier molecular flexibility index (Phi) is 6.24. The number of amides is 1. The Bertz CT molecular complexity index is 1200.